The van der Waals surface area contributed by atoms with Gasteiger partial charge in [0.2, 0.25) is 0 Å². The quantitative estimate of drug-likeness (QED) is 0.451. The van der Waals surface area contributed by atoms with E-state index in [1.165, 1.54) is 10.8 Å². The largest absolute Gasteiger partial charge is 0.348 e. The standard InChI is InChI=1S/C28H21NO/c30-28(29-19-20-9-2-1-3-10-20)27-18-23(25-15-6-7-16-26(25)27)17-22-13-8-12-21-11-4-5-14-24(21)22/h1-18H,19H2,(H,29,30)/b23-17+. The Hall–Kier alpha value is -3.91. The summed E-state index contributed by atoms with van der Waals surface area (Å²) in [5.74, 6) is -0.0485. The van der Waals surface area contributed by atoms with Crippen molar-refractivity contribution in [3.05, 3.63) is 125 Å². The van der Waals surface area contributed by atoms with Gasteiger partial charge in [0.25, 0.3) is 5.91 Å². The number of fused-ring (bicyclic) bond motifs is 2. The molecule has 0 saturated heterocycles. The summed E-state index contributed by atoms with van der Waals surface area (Å²) in [4.78, 5) is 13.0. The van der Waals surface area contributed by atoms with Crippen LogP contribution in [0, 0.1) is 0 Å². The third-order valence-electron chi connectivity index (χ3n) is 5.50. The fourth-order valence-electron chi connectivity index (χ4n) is 4.01. The molecule has 30 heavy (non-hydrogen) atoms. The maximum absolute atomic E-state index is 13.0. The lowest BCUT2D eigenvalue weighted by atomic mass is 9.99. The first-order valence-electron chi connectivity index (χ1n) is 10.1. The number of allylic oxidation sites excluding steroid dienone is 2. The Balaban J connectivity index is 1.51. The van der Waals surface area contributed by atoms with Gasteiger partial charge in [0, 0.05) is 12.1 Å². The van der Waals surface area contributed by atoms with Crippen LogP contribution >= 0.6 is 0 Å². The molecule has 2 nitrogen and oxygen atoms in total. The van der Waals surface area contributed by atoms with Crippen molar-refractivity contribution in [2.24, 2.45) is 0 Å². The van der Waals surface area contributed by atoms with Gasteiger partial charge in [-0.15, -0.1) is 0 Å². The van der Waals surface area contributed by atoms with Gasteiger partial charge in [-0.3, -0.25) is 4.79 Å². The molecule has 5 rings (SSSR count). The molecular weight excluding hydrogens is 366 g/mol. The molecule has 0 heterocycles. The van der Waals surface area contributed by atoms with Crippen LogP contribution in [-0.2, 0) is 11.3 Å². The number of nitrogens with one attached hydrogen (secondary N) is 1. The predicted octanol–water partition coefficient (Wildman–Crippen LogP) is 6.09. The van der Waals surface area contributed by atoms with E-state index in [9.17, 15) is 4.79 Å². The summed E-state index contributed by atoms with van der Waals surface area (Å²) in [5, 5.41) is 5.48. The molecule has 4 aromatic carbocycles. The van der Waals surface area contributed by atoms with Gasteiger partial charge in [0.15, 0.2) is 0 Å². The van der Waals surface area contributed by atoms with Gasteiger partial charge in [-0.05, 0) is 50.8 Å². The van der Waals surface area contributed by atoms with E-state index in [-0.39, 0.29) is 5.91 Å². The fraction of sp³-hybridized carbons (Fsp3) is 0.0357. The Morgan fingerprint density at radius 3 is 2.30 bits per heavy atom. The highest BCUT2D eigenvalue weighted by molar-refractivity contribution is 6.26. The average Bonchev–Trinajstić information content (AvgIpc) is 3.17. The van der Waals surface area contributed by atoms with Gasteiger partial charge in [-0.25, -0.2) is 0 Å². The normalized spacial score (nSPS) is 13.9. The summed E-state index contributed by atoms with van der Waals surface area (Å²) in [6.45, 7) is 0.515. The zero-order valence-electron chi connectivity index (χ0n) is 16.5. The van der Waals surface area contributed by atoms with Crippen LogP contribution in [0.5, 0.6) is 0 Å². The van der Waals surface area contributed by atoms with Crippen molar-refractivity contribution in [3.63, 3.8) is 0 Å². The molecule has 0 aliphatic heterocycles. The first-order chi connectivity index (χ1) is 14.8. The minimum Gasteiger partial charge on any atom is -0.348 e. The van der Waals surface area contributed by atoms with Gasteiger partial charge < -0.3 is 5.32 Å². The monoisotopic (exact) mass is 387 g/mol. The molecule has 0 radical (unpaired) electrons. The van der Waals surface area contributed by atoms with Crippen LogP contribution in [0.4, 0.5) is 0 Å². The van der Waals surface area contributed by atoms with Crippen LogP contribution in [0.1, 0.15) is 22.3 Å². The molecule has 1 N–H and O–H groups in total. The van der Waals surface area contributed by atoms with E-state index >= 15 is 0 Å². The highest BCUT2D eigenvalue weighted by Gasteiger charge is 2.23. The molecule has 0 fully saturated rings. The lowest BCUT2D eigenvalue weighted by Crippen LogP contribution is -2.23. The van der Waals surface area contributed by atoms with E-state index in [1.807, 2.05) is 54.6 Å². The van der Waals surface area contributed by atoms with Crippen molar-refractivity contribution in [1.82, 2.24) is 5.32 Å². The van der Waals surface area contributed by atoms with E-state index < -0.39 is 0 Å². The molecule has 1 amide bonds. The molecular formula is C28H21NO. The molecule has 0 unspecified atom stereocenters. The number of amides is 1. The highest BCUT2D eigenvalue weighted by atomic mass is 16.1. The van der Waals surface area contributed by atoms with Crippen LogP contribution in [-0.4, -0.2) is 5.91 Å². The van der Waals surface area contributed by atoms with E-state index in [0.29, 0.717) is 12.1 Å². The highest BCUT2D eigenvalue weighted by Crippen LogP contribution is 2.37. The van der Waals surface area contributed by atoms with E-state index in [0.717, 1.165) is 27.8 Å². The van der Waals surface area contributed by atoms with Gasteiger partial charge >= 0.3 is 0 Å². The first-order valence-corrected chi connectivity index (χ1v) is 10.1. The molecule has 144 valence electrons. The Labute approximate surface area is 176 Å². The fourth-order valence-corrected chi connectivity index (χ4v) is 4.01. The van der Waals surface area contributed by atoms with Crippen LogP contribution in [0.3, 0.4) is 0 Å². The number of hydrogen-bond acceptors (Lipinski definition) is 1. The first kappa shape index (κ1) is 18.1. The van der Waals surface area contributed by atoms with Crippen molar-refractivity contribution < 1.29 is 4.79 Å². The molecule has 1 aliphatic carbocycles. The van der Waals surface area contributed by atoms with Crippen LogP contribution in [0.2, 0.25) is 0 Å². The van der Waals surface area contributed by atoms with Crippen molar-refractivity contribution in [2.75, 3.05) is 0 Å². The van der Waals surface area contributed by atoms with Crippen LogP contribution in [0.15, 0.2) is 103 Å². The second kappa shape index (κ2) is 7.84. The van der Waals surface area contributed by atoms with E-state index in [1.54, 1.807) is 0 Å². The second-order valence-corrected chi connectivity index (χ2v) is 7.44. The Kier molecular flexibility index (Phi) is 4.74. The maximum Gasteiger partial charge on any atom is 0.252 e. The number of carbonyl (C=O) groups is 1. The Bertz CT molecular complexity index is 1290. The zero-order chi connectivity index (χ0) is 20.3. The minimum atomic E-state index is -0.0485. The van der Waals surface area contributed by atoms with Gasteiger partial charge in [0.05, 0.1) is 0 Å². The summed E-state index contributed by atoms with van der Waals surface area (Å²) in [7, 11) is 0. The Morgan fingerprint density at radius 1 is 0.733 bits per heavy atom. The third-order valence-corrected chi connectivity index (χ3v) is 5.50. The van der Waals surface area contributed by atoms with Crippen molar-refractivity contribution >= 4 is 33.9 Å². The SMILES string of the molecule is O=C(NCc1ccccc1)C1=C/C(=C\c2cccc3ccccc23)c2ccccc21. The second-order valence-electron chi connectivity index (χ2n) is 7.44. The molecule has 2 heteroatoms. The third kappa shape index (κ3) is 3.44. The molecule has 4 aromatic rings. The summed E-state index contributed by atoms with van der Waals surface area (Å²) in [5.41, 5.74) is 6.09. The van der Waals surface area contributed by atoms with Gasteiger partial charge in [-0.2, -0.15) is 0 Å². The number of carbonyl (C=O) groups excluding carboxylic acids is 1. The van der Waals surface area contributed by atoms with Crippen molar-refractivity contribution in [1.29, 1.82) is 0 Å². The molecule has 0 bridgehead atoms. The zero-order valence-corrected chi connectivity index (χ0v) is 16.5. The van der Waals surface area contributed by atoms with Crippen molar-refractivity contribution in [2.45, 2.75) is 6.54 Å². The number of hydrogen-bond donors (Lipinski definition) is 1. The molecule has 0 aromatic heterocycles. The lowest BCUT2D eigenvalue weighted by molar-refractivity contribution is -0.115. The predicted molar refractivity (Wildman–Crippen MR) is 125 cm³/mol. The van der Waals surface area contributed by atoms with Gasteiger partial charge in [-0.1, -0.05) is 97.1 Å². The lowest BCUT2D eigenvalue weighted by Gasteiger charge is -2.07. The summed E-state index contributed by atoms with van der Waals surface area (Å²) in [6.07, 6.45) is 4.19. The molecule has 0 saturated carbocycles. The minimum absolute atomic E-state index is 0.0485. The molecule has 0 spiro atoms. The Morgan fingerprint density at radius 2 is 1.43 bits per heavy atom. The van der Waals surface area contributed by atoms with Crippen LogP contribution < -0.4 is 5.32 Å². The molecule has 0 atom stereocenters. The van der Waals surface area contributed by atoms with Crippen molar-refractivity contribution in [3.8, 4) is 0 Å². The molecule has 1 aliphatic rings. The number of rotatable bonds is 4. The smallest absolute Gasteiger partial charge is 0.252 e. The average molecular weight is 387 g/mol. The van der Waals surface area contributed by atoms with E-state index in [2.05, 4.69) is 59.9 Å². The van der Waals surface area contributed by atoms with E-state index in [4.69, 9.17) is 0 Å². The number of benzene rings is 4. The summed E-state index contributed by atoms with van der Waals surface area (Å²) in [6, 6.07) is 32.8. The van der Waals surface area contributed by atoms with Gasteiger partial charge in [0.1, 0.15) is 0 Å². The van der Waals surface area contributed by atoms with Crippen LogP contribution in [0.25, 0.3) is 28.0 Å². The summed E-state index contributed by atoms with van der Waals surface area (Å²) < 4.78 is 0. The summed E-state index contributed by atoms with van der Waals surface area (Å²) >= 11 is 0. The maximum atomic E-state index is 13.0. The topological polar surface area (TPSA) is 29.1 Å².